The monoisotopic (exact) mass is 193 g/mol. The van der Waals surface area contributed by atoms with Gasteiger partial charge in [0, 0.05) is 10.6 Å². The molecule has 0 spiro atoms. The molecule has 0 fully saturated rings. The van der Waals surface area contributed by atoms with Crippen molar-refractivity contribution in [3.63, 3.8) is 0 Å². The summed E-state index contributed by atoms with van der Waals surface area (Å²) in [5.74, 6) is 0.772. The summed E-state index contributed by atoms with van der Waals surface area (Å²) in [6, 6.07) is 5.67. The molecule has 1 aromatic carbocycles. The summed E-state index contributed by atoms with van der Waals surface area (Å²) in [5, 5.41) is 0.737. The largest absolute Gasteiger partial charge is 0.444 e. The molecule has 0 aliphatic rings. The van der Waals surface area contributed by atoms with E-state index in [1.165, 1.54) is 6.39 Å². The summed E-state index contributed by atoms with van der Waals surface area (Å²) < 4.78 is 5.19. The first-order valence-electron chi connectivity index (χ1n) is 3.92. The average Bonchev–Trinajstić information content (AvgIpc) is 2.56. The highest BCUT2D eigenvalue weighted by Crippen LogP contribution is 2.25. The fourth-order valence-corrected chi connectivity index (χ4v) is 1.48. The molecule has 0 amide bonds. The third-order valence-electron chi connectivity index (χ3n) is 1.89. The maximum absolute atomic E-state index is 5.83. The average molecular weight is 194 g/mol. The number of nitrogens with zero attached hydrogens (tertiary/aromatic N) is 1. The summed E-state index contributed by atoms with van der Waals surface area (Å²) in [6.45, 7) is 1.99. The second-order valence-corrected chi connectivity index (χ2v) is 3.26. The van der Waals surface area contributed by atoms with Crippen LogP contribution >= 0.6 is 11.6 Å². The van der Waals surface area contributed by atoms with Gasteiger partial charge in [0.1, 0.15) is 0 Å². The van der Waals surface area contributed by atoms with Crippen LogP contribution in [-0.4, -0.2) is 4.98 Å². The van der Waals surface area contributed by atoms with Gasteiger partial charge in [-0.1, -0.05) is 11.6 Å². The minimum Gasteiger partial charge on any atom is -0.444 e. The summed E-state index contributed by atoms with van der Waals surface area (Å²) in [5.41, 5.74) is 2.12. The van der Waals surface area contributed by atoms with E-state index in [-0.39, 0.29) is 0 Å². The predicted octanol–water partition coefficient (Wildman–Crippen LogP) is 3.30. The van der Waals surface area contributed by atoms with Gasteiger partial charge in [-0.15, -0.1) is 0 Å². The van der Waals surface area contributed by atoms with Crippen LogP contribution in [0.1, 0.15) is 5.56 Å². The van der Waals surface area contributed by atoms with Crippen LogP contribution in [0.15, 0.2) is 35.2 Å². The molecule has 2 nitrogen and oxygen atoms in total. The van der Waals surface area contributed by atoms with Crippen molar-refractivity contribution in [3.8, 4) is 11.3 Å². The Bertz CT molecular complexity index is 409. The van der Waals surface area contributed by atoms with Gasteiger partial charge >= 0.3 is 0 Å². The van der Waals surface area contributed by atoms with E-state index >= 15 is 0 Å². The van der Waals surface area contributed by atoms with Gasteiger partial charge in [0.25, 0.3) is 0 Å². The molecule has 13 heavy (non-hydrogen) atoms. The third kappa shape index (κ3) is 1.58. The first kappa shape index (κ1) is 8.32. The van der Waals surface area contributed by atoms with Crippen LogP contribution in [0, 0.1) is 6.92 Å². The van der Waals surface area contributed by atoms with Gasteiger partial charge in [-0.05, 0) is 30.7 Å². The number of oxazole rings is 1. The van der Waals surface area contributed by atoms with Gasteiger partial charge in [0.15, 0.2) is 12.2 Å². The molecule has 0 saturated carbocycles. The number of aryl methyl sites for hydroxylation is 1. The lowest BCUT2D eigenvalue weighted by Crippen LogP contribution is -1.80. The highest BCUT2D eigenvalue weighted by atomic mass is 35.5. The summed E-state index contributed by atoms with van der Waals surface area (Å²) in [6.07, 6.45) is 3.11. The van der Waals surface area contributed by atoms with Crippen LogP contribution in [0.25, 0.3) is 11.3 Å². The van der Waals surface area contributed by atoms with Crippen molar-refractivity contribution >= 4 is 11.6 Å². The maximum atomic E-state index is 5.83. The van der Waals surface area contributed by atoms with Crippen molar-refractivity contribution < 1.29 is 4.42 Å². The third-order valence-corrected chi connectivity index (χ3v) is 2.12. The van der Waals surface area contributed by atoms with Crippen molar-refractivity contribution in [1.29, 1.82) is 0 Å². The fourth-order valence-electron chi connectivity index (χ4n) is 1.25. The number of aromatic nitrogens is 1. The van der Waals surface area contributed by atoms with E-state index in [1.807, 2.05) is 25.1 Å². The Balaban J connectivity index is 2.53. The van der Waals surface area contributed by atoms with Crippen molar-refractivity contribution in [1.82, 2.24) is 4.98 Å². The van der Waals surface area contributed by atoms with Gasteiger partial charge in [-0.25, -0.2) is 4.98 Å². The lowest BCUT2D eigenvalue weighted by Gasteiger charge is -2.01. The number of halogens is 1. The molecule has 1 heterocycles. The fraction of sp³-hybridized carbons (Fsp3) is 0.100. The number of hydrogen-bond acceptors (Lipinski definition) is 2. The molecule has 2 rings (SSSR count). The van der Waals surface area contributed by atoms with E-state index in [1.54, 1.807) is 6.20 Å². The maximum Gasteiger partial charge on any atom is 0.181 e. The molecule has 66 valence electrons. The van der Waals surface area contributed by atoms with E-state index < -0.39 is 0 Å². The molecule has 0 saturated heterocycles. The lowest BCUT2D eigenvalue weighted by atomic mass is 10.1. The molecule has 0 bridgehead atoms. The second kappa shape index (κ2) is 3.23. The van der Waals surface area contributed by atoms with Crippen LogP contribution in [0.2, 0.25) is 5.02 Å². The van der Waals surface area contributed by atoms with E-state index in [9.17, 15) is 0 Å². The lowest BCUT2D eigenvalue weighted by molar-refractivity contribution is 0.571. The van der Waals surface area contributed by atoms with Gasteiger partial charge in [0.05, 0.1) is 6.20 Å². The highest BCUT2D eigenvalue weighted by Gasteiger charge is 2.04. The van der Waals surface area contributed by atoms with Crippen LogP contribution in [0.4, 0.5) is 0 Å². The minimum absolute atomic E-state index is 0.737. The Hall–Kier alpha value is -1.28. The highest BCUT2D eigenvalue weighted by molar-refractivity contribution is 6.30. The van der Waals surface area contributed by atoms with Crippen molar-refractivity contribution in [2.24, 2.45) is 0 Å². The van der Waals surface area contributed by atoms with E-state index in [2.05, 4.69) is 4.98 Å². The van der Waals surface area contributed by atoms with E-state index in [4.69, 9.17) is 16.0 Å². The summed E-state index contributed by atoms with van der Waals surface area (Å²) in [7, 11) is 0. The van der Waals surface area contributed by atoms with Gasteiger partial charge in [-0.2, -0.15) is 0 Å². The summed E-state index contributed by atoms with van der Waals surface area (Å²) >= 11 is 5.83. The zero-order valence-electron chi connectivity index (χ0n) is 7.12. The molecule has 1 aromatic heterocycles. The molecule has 3 heteroatoms. The molecule has 0 radical (unpaired) electrons. The molecule has 0 N–H and O–H groups in total. The van der Waals surface area contributed by atoms with Crippen molar-refractivity contribution in [2.75, 3.05) is 0 Å². The molecular weight excluding hydrogens is 186 g/mol. The Morgan fingerprint density at radius 3 is 2.85 bits per heavy atom. The molecule has 0 unspecified atom stereocenters. The predicted molar refractivity (Wildman–Crippen MR) is 51.7 cm³/mol. The smallest absolute Gasteiger partial charge is 0.181 e. The normalized spacial score (nSPS) is 10.3. The standard InChI is InChI=1S/C10H8ClNO/c1-7-4-8(11)2-3-9(7)10-5-12-6-13-10/h2-6H,1H3. The Morgan fingerprint density at radius 2 is 2.23 bits per heavy atom. The zero-order chi connectivity index (χ0) is 9.26. The molecule has 0 atom stereocenters. The van der Waals surface area contributed by atoms with Crippen LogP contribution in [0.5, 0.6) is 0 Å². The molecule has 0 aliphatic heterocycles. The Labute approximate surface area is 81.2 Å². The number of rotatable bonds is 1. The Morgan fingerprint density at radius 1 is 1.38 bits per heavy atom. The first-order valence-corrected chi connectivity index (χ1v) is 4.30. The zero-order valence-corrected chi connectivity index (χ0v) is 7.88. The minimum atomic E-state index is 0.737. The van der Waals surface area contributed by atoms with Crippen molar-refractivity contribution in [3.05, 3.63) is 41.4 Å². The quantitative estimate of drug-likeness (QED) is 0.695. The van der Waals surface area contributed by atoms with Crippen molar-refractivity contribution in [2.45, 2.75) is 6.92 Å². The topological polar surface area (TPSA) is 26.0 Å². The summed E-state index contributed by atoms with van der Waals surface area (Å²) in [4.78, 5) is 3.86. The van der Waals surface area contributed by atoms with Crippen LogP contribution in [-0.2, 0) is 0 Å². The SMILES string of the molecule is Cc1cc(Cl)ccc1-c1cnco1. The van der Waals surface area contributed by atoms with Crippen LogP contribution < -0.4 is 0 Å². The van der Waals surface area contributed by atoms with Gasteiger partial charge < -0.3 is 4.42 Å². The second-order valence-electron chi connectivity index (χ2n) is 2.82. The number of benzene rings is 1. The first-order chi connectivity index (χ1) is 6.27. The Kier molecular flexibility index (Phi) is 2.07. The molecular formula is C10H8ClNO. The molecule has 2 aromatic rings. The molecule has 0 aliphatic carbocycles. The van der Waals surface area contributed by atoms with Crippen LogP contribution in [0.3, 0.4) is 0 Å². The number of hydrogen-bond donors (Lipinski definition) is 0. The van der Waals surface area contributed by atoms with Gasteiger partial charge in [-0.3, -0.25) is 0 Å². The van der Waals surface area contributed by atoms with E-state index in [0.29, 0.717) is 0 Å². The van der Waals surface area contributed by atoms with E-state index in [0.717, 1.165) is 21.9 Å². The van der Waals surface area contributed by atoms with Gasteiger partial charge in [0.2, 0.25) is 0 Å².